The maximum atomic E-state index is 12.4. The Morgan fingerprint density at radius 1 is 0.688 bits per heavy atom. The zero-order chi connectivity index (χ0) is 22.6. The Morgan fingerprint density at radius 3 is 1.28 bits per heavy atom. The lowest BCUT2D eigenvalue weighted by Crippen LogP contribution is -2.46. The van der Waals surface area contributed by atoms with Gasteiger partial charge in [-0.3, -0.25) is 0 Å². The number of hydrogen-bond donors (Lipinski definition) is 0. The van der Waals surface area contributed by atoms with Crippen molar-refractivity contribution in [3.05, 3.63) is 59.7 Å². The van der Waals surface area contributed by atoms with Crippen LogP contribution >= 0.6 is 0 Å². The van der Waals surface area contributed by atoms with E-state index in [4.69, 9.17) is 18.9 Å². The van der Waals surface area contributed by atoms with Crippen LogP contribution in [0.25, 0.3) is 11.1 Å². The predicted molar refractivity (Wildman–Crippen MR) is 120 cm³/mol. The van der Waals surface area contributed by atoms with E-state index in [1.54, 1.807) is 24.3 Å². The number of carbonyl (C=O) groups excluding carboxylic acids is 2. The molecule has 0 radical (unpaired) electrons. The van der Waals surface area contributed by atoms with Crippen molar-refractivity contribution in [2.45, 2.75) is 26.7 Å². The van der Waals surface area contributed by atoms with Crippen molar-refractivity contribution in [3.8, 4) is 11.1 Å². The quantitative estimate of drug-likeness (QED) is 0.536. The first-order valence-electron chi connectivity index (χ1n) is 11.2. The van der Waals surface area contributed by atoms with Crippen molar-refractivity contribution in [1.29, 1.82) is 0 Å². The lowest BCUT2D eigenvalue weighted by Gasteiger charge is -2.39. The van der Waals surface area contributed by atoms with Crippen molar-refractivity contribution in [2.75, 3.05) is 39.6 Å². The average molecular weight is 439 g/mol. The Bertz CT molecular complexity index is 849. The second-order valence-corrected chi connectivity index (χ2v) is 9.00. The summed E-state index contributed by atoms with van der Waals surface area (Å²) < 4.78 is 21.5. The van der Waals surface area contributed by atoms with E-state index in [-0.39, 0.29) is 22.8 Å². The molecule has 2 aliphatic heterocycles. The number of carbonyl (C=O) groups is 2. The largest absolute Gasteiger partial charge is 0.461 e. The van der Waals surface area contributed by atoms with Gasteiger partial charge < -0.3 is 18.9 Å². The lowest BCUT2D eigenvalue weighted by molar-refractivity contribution is -0.140. The van der Waals surface area contributed by atoms with Crippen molar-refractivity contribution >= 4 is 11.9 Å². The highest BCUT2D eigenvalue weighted by Crippen LogP contribution is 2.32. The number of esters is 2. The van der Waals surface area contributed by atoms with Crippen LogP contribution in [0.5, 0.6) is 0 Å². The monoisotopic (exact) mass is 438 g/mol. The van der Waals surface area contributed by atoms with Crippen LogP contribution in [0.3, 0.4) is 0 Å². The Kier molecular flexibility index (Phi) is 6.63. The summed E-state index contributed by atoms with van der Waals surface area (Å²) in [6.45, 7) is 7.52. The van der Waals surface area contributed by atoms with Gasteiger partial charge in [0, 0.05) is 0 Å². The third-order valence-corrected chi connectivity index (χ3v) is 6.73. The van der Waals surface area contributed by atoms with Crippen LogP contribution < -0.4 is 0 Å². The van der Waals surface area contributed by atoms with Gasteiger partial charge in [0.25, 0.3) is 0 Å². The van der Waals surface area contributed by atoms with Gasteiger partial charge in [-0.2, -0.15) is 0 Å². The first kappa shape index (κ1) is 22.5. The van der Waals surface area contributed by atoms with Gasteiger partial charge in [0.1, 0.15) is 13.2 Å². The molecule has 0 aromatic heterocycles. The smallest absolute Gasteiger partial charge is 0.338 e. The van der Waals surface area contributed by atoms with Gasteiger partial charge in [-0.15, -0.1) is 0 Å². The average Bonchev–Trinajstić information content (AvgIpc) is 2.78. The molecule has 2 aliphatic rings. The first-order valence-corrected chi connectivity index (χ1v) is 11.2. The van der Waals surface area contributed by atoms with Crippen LogP contribution in [0.4, 0.5) is 0 Å². The van der Waals surface area contributed by atoms with E-state index in [0.29, 0.717) is 50.8 Å². The fourth-order valence-electron chi connectivity index (χ4n) is 3.76. The Morgan fingerprint density at radius 2 is 1.03 bits per heavy atom. The molecule has 2 aromatic carbocycles. The second-order valence-electron chi connectivity index (χ2n) is 9.00. The summed E-state index contributed by atoms with van der Waals surface area (Å²) in [5.41, 5.74) is 2.89. The molecule has 170 valence electrons. The van der Waals surface area contributed by atoms with Crippen LogP contribution in [0.15, 0.2) is 48.5 Å². The molecule has 2 heterocycles. The highest BCUT2D eigenvalue weighted by Gasteiger charge is 2.39. The van der Waals surface area contributed by atoms with Gasteiger partial charge in [-0.05, 0) is 48.2 Å². The minimum absolute atomic E-state index is 0.0265. The van der Waals surface area contributed by atoms with E-state index in [1.807, 2.05) is 24.3 Å². The van der Waals surface area contributed by atoms with E-state index in [1.165, 1.54) is 0 Å². The zero-order valence-electron chi connectivity index (χ0n) is 18.7. The normalized spacial score (nSPS) is 18.2. The summed E-state index contributed by atoms with van der Waals surface area (Å²) >= 11 is 0. The van der Waals surface area contributed by atoms with Crippen LogP contribution in [-0.4, -0.2) is 51.6 Å². The highest BCUT2D eigenvalue weighted by atomic mass is 16.6. The summed E-state index contributed by atoms with van der Waals surface area (Å²) in [4.78, 5) is 24.7. The molecule has 4 rings (SSSR count). The molecule has 0 amide bonds. The van der Waals surface area contributed by atoms with Crippen LogP contribution in [0.2, 0.25) is 0 Å². The molecule has 2 aromatic rings. The van der Waals surface area contributed by atoms with Gasteiger partial charge >= 0.3 is 11.9 Å². The summed E-state index contributed by atoms with van der Waals surface area (Å²) in [5.74, 6) is -0.646. The van der Waals surface area contributed by atoms with E-state index in [9.17, 15) is 9.59 Å². The predicted octanol–water partition coefficient (Wildman–Crippen LogP) is 4.52. The third kappa shape index (κ3) is 4.71. The molecule has 32 heavy (non-hydrogen) atoms. The molecule has 2 fully saturated rings. The molecule has 0 spiro atoms. The summed E-state index contributed by atoms with van der Waals surface area (Å²) in [7, 11) is 0. The molecular weight excluding hydrogens is 408 g/mol. The summed E-state index contributed by atoms with van der Waals surface area (Å²) in [6.07, 6.45) is 1.85. The molecule has 6 heteroatoms. The molecule has 0 N–H and O–H groups in total. The van der Waals surface area contributed by atoms with Crippen molar-refractivity contribution in [2.24, 2.45) is 10.8 Å². The third-order valence-electron chi connectivity index (χ3n) is 6.73. The van der Waals surface area contributed by atoms with Gasteiger partial charge in [-0.25, -0.2) is 9.59 Å². The molecule has 0 bridgehead atoms. The number of hydrogen-bond acceptors (Lipinski definition) is 6. The maximum absolute atomic E-state index is 12.4. The fourth-order valence-corrected chi connectivity index (χ4v) is 3.76. The molecule has 0 aliphatic carbocycles. The Labute approximate surface area is 188 Å². The molecule has 6 nitrogen and oxygen atoms in total. The van der Waals surface area contributed by atoms with Crippen molar-refractivity contribution < 1.29 is 28.5 Å². The van der Waals surface area contributed by atoms with Crippen LogP contribution in [0, 0.1) is 10.8 Å². The number of rotatable bonds is 9. The van der Waals surface area contributed by atoms with Gasteiger partial charge in [-0.1, -0.05) is 38.1 Å². The fraction of sp³-hybridized carbons (Fsp3) is 0.462. The van der Waals surface area contributed by atoms with Gasteiger partial charge in [0.15, 0.2) is 0 Å². The molecular formula is C26H30O6. The minimum Gasteiger partial charge on any atom is -0.461 e. The highest BCUT2D eigenvalue weighted by molar-refractivity contribution is 5.91. The molecule has 0 unspecified atom stereocenters. The van der Waals surface area contributed by atoms with Gasteiger partial charge in [0.05, 0.1) is 48.4 Å². The lowest BCUT2D eigenvalue weighted by atomic mass is 9.84. The second kappa shape index (κ2) is 9.43. The maximum Gasteiger partial charge on any atom is 0.338 e. The van der Waals surface area contributed by atoms with E-state index in [2.05, 4.69) is 13.8 Å². The van der Waals surface area contributed by atoms with E-state index >= 15 is 0 Å². The van der Waals surface area contributed by atoms with Gasteiger partial charge in [0.2, 0.25) is 0 Å². The Hall–Kier alpha value is -2.70. The zero-order valence-corrected chi connectivity index (χ0v) is 18.7. The summed E-state index contributed by atoms with van der Waals surface area (Å²) in [5, 5.41) is 0. The van der Waals surface area contributed by atoms with Crippen LogP contribution in [-0.2, 0) is 18.9 Å². The molecule has 2 saturated heterocycles. The van der Waals surface area contributed by atoms with Crippen molar-refractivity contribution in [3.63, 3.8) is 0 Å². The minimum atomic E-state index is -0.323. The number of ether oxygens (including phenoxy) is 4. The van der Waals surface area contributed by atoms with Crippen LogP contribution in [0.1, 0.15) is 47.4 Å². The van der Waals surface area contributed by atoms with E-state index in [0.717, 1.165) is 24.0 Å². The SMILES string of the molecule is CCC1(COC(=O)c2ccc(-c3ccc(C(=O)OCC4(CC)COC4)cc3)cc2)COC1. The Balaban J connectivity index is 1.32. The standard InChI is InChI=1S/C26H30O6/c1-3-25(13-29-14-25)17-31-23(27)21-9-5-19(6-10-21)20-7-11-22(12-8-20)24(28)32-18-26(4-2)15-30-16-26/h5-12H,3-4,13-18H2,1-2H3. The summed E-state index contributed by atoms with van der Waals surface area (Å²) in [6, 6.07) is 14.6. The van der Waals surface area contributed by atoms with E-state index < -0.39 is 0 Å². The number of benzene rings is 2. The molecule has 0 atom stereocenters. The molecule has 0 saturated carbocycles. The van der Waals surface area contributed by atoms with Crippen molar-refractivity contribution in [1.82, 2.24) is 0 Å². The first-order chi connectivity index (χ1) is 15.5. The topological polar surface area (TPSA) is 71.1 Å².